The summed E-state index contributed by atoms with van der Waals surface area (Å²) in [6.45, 7) is 6.14. The van der Waals surface area contributed by atoms with Crippen LogP contribution in [0, 0.1) is 0 Å². The molecular weight excluding hydrogens is 186 g/mol. The lowest BCUT2D eigenvalue weighted by molar-refractivity contribution is 0.192. The summed E-state index contributed by atoms with van der Waals surface area (Å²) in [5.74, 6) is 1.02. The van der Waals surface area contributed by atoms with E-state index in [2.05, 4.69) is 25.1 Å². The normalized spacial score (nSPS) is 20.7. The summed E-state index contributed by atoms with van der Waals surface area (Å²) in [5, 5.41) is 0. The van der Waals surface area contributed by atoms with Gasteiger partial charge in [-0.1, -0.05) is 12.1 Å². The Labute approximate surface area is 91.4 Å². The Kier molecular flexibility index (Phi) is 2.47. The van der Waals surface area contributed by atoms with Crippen molar-refractivity contribution in [1.29, 1.82) is 0 Å². The zero-order valence-electron chi connectivity index (χ0n) is 9.71. The molecule has 0 spiro atoms. The molecule has 0 amide bonds. The van der Waals surface area contributed by atoms with Gasteiger partial charge in [-0.25, -0.2) is 0 Å². The highest BCUT2D eigenvalue weighted by molar-refractivity contribution is 5.41. The van der Waals surface area contributed by atoms with Gasteiger partial charge in [0.2, 0.25) is 0 Å². The van der Waals surface area contributed by atoms with Gasteiger partial charge in [0.25, 0.3) is 0 Å². The van der Waals surface area contributed by atoms with Crippen LogP contribution < -0.4 is 10.5 Å². The number of fused-ring (bicyclic) bond motifs is 1. The molecule has 2 heteroatoms. The minimum Gasteiger partial charge on any atom is -0.490 e. The molecule has 0 bridgehead atoms. The Morgan fingerprint density at radius 3 is 2.80 bits per heavy atom. The highest BCUT2D eigenvalue weighted by Crippen LogP contribution is 2.31. The van der Waals surface area contributed by atoms with Crippen LogP contribution in [0.15, 0.2) is 18.2 Å². The Bertz CT molecular complexity index is 365. The van der Waals surface area contributed by atoms with Gasteiger partial charge < -0.3 is 10.5 Å². The summed E-state index contributed by atoms with van der Waals surface area (Å²) in [6, 6.07) is 6.34. The summed E-state index contributed by atoms with van der Waals surface area (Å²) in [7, 11) is 0. The highest BCUT2D eigenvalue weighted by atomic mass is 16.5. The molecule has 0 aliphatic carbocycles. The van der Waals surface area contributed by atoms with Gasteiger partial charge in [0, 0.05) is 5.54 Å². The number of rotatable bonds is 1. The molecule has 1 aromatic rings. The maximum atomic E-state index is 6.07. The van der Waals surface area contributed by atoms with Crippen LogP contribution in [-0.4, -0.2) is 6.10 Å². The van der Waals surface area contributed by atoms with Crippen molar-refractivity contribution in [2.24, 2.45) is 5.73 Å². The van der Waals surface area contributed by atoms with Gasteiger partial charge in [0.1, 0.15) is 5.75 Å². The van der Waals surface area contributed by atoms with Gasteiger partial charge in [-0.2, -0.15) is 0 Å². The van der Waals surface area contributed by atoms with Crippen molar-refractivity contribution in [3.05, 3.63) is 29.3 Å². The number of hydrogen-bond acceptors (Lipinski definition) is 2. The fourth-order valence-electron chi connectivity index (χ4n) is 1.91. The maximum Gasteiger partial charge on any atom is 0.123 e. The summed E-state index contributed by atoms with van der Waals surface area (Å²) in [5.41, 5.74) is 8.22. The van der Waals surface area contributed by atoms with E-state index in [1.54, 1.807) is 0 Å². The fourth-order valence-corrected chi connectivity index (χ4v) is 1.91. The molecule has 0 aromatic heterocycles. The molecule has 2 N–H and O–H groups in total. The molecule has 2 nitrogen and oxygen atoms in total. The van der Waals surface area contributed by atoms with Crippen LogP contribution in [-0.2, 0) is 12.0 Å². The second kappa shape index (κ2) is 3.53. The number of aryl methyl sites for hydroxylation is 1. The van der Waals surface area contributed by atoms with E-state index in [-0.39, 0.29) is 5.54 Å². The van der Waals surface area contributed by atoms with Crippen molar-refractivity contribution in [1.82, 2.24) is 0 Å². The van der Waals surface area contributed by atoms with Crippen molar-refractivity contribution >= 4 is 0 Å². The Balaban J connectivity index is 2.37. The predicted molar refractivity (Wildman–Crippen MR) is 62.1 cm³/mol. The van der Waals surface area contributed by atoms with E-state index in [0.29, 0.717) is 6.10 Å². The second-order valence-corrected chi connectivity index (χ2v) is 5.01. The molecule has 1 aromatic carbocycles. The maximum absolute atomic E-state index is 6.07. The van der Waals surface area contributed by atoms with Crippen LogP contribution in [0.2, 0.25) is 0 Å². The van der Waals surface area contributed by atoms with Gasteiger partial charge >= 0.3 is 0 Å². The molecule has 1 heterocycles. The van der Waals surface area contributed by atoms with Crippen molar-refractivity contribution < 1.29 is 4.74 Å². The molecular formula is C13H19NO. The minimum absolute atomic E-state index is 0.293. The first-order valence-corrected chi connectivity index (χ1v) is 5.56. The summed E-state index contributed by atoms with van der Waals surface area (Å²) in [4.78, 5) is 0. The first-order valence-electron chi connectivity index (χ1n) is 5.56. The average Bonchev–Trinajstić information content (AvgIpc) is 2.15. The fraction of sp³-hybridized carbons (Fsp3) is 0.538. The Hall–Kier alpha value is -1.02. The van der Waals surface area contributed by atoms with Crippen LogP contribution in [0.3, 0.4) is 0 Å². The predicted octanol–water partition coefficient (Wildman–Crippen LogP) is 2.59. The summed E-state index contributed by atoms with van der Waals surface area (Å²) >= 11 is 0. The third-order valence-corrected chi connectivity index (χ3v) is 2.96. The van der Waals surface area contributed by atoms with E-state index in [1.807, 2.05) is 13.8 Å². The van der Waals surface area contributed by atoms with Crippen LogP contribution in [0.4, 0.5) is 0 Å². The molecule has 15 heavy (non-hydrogen) atoms. The highest BCUT2D eigenvalue weighted by Gasteiger charge is 2.20. The largest absolute Gasteiger partial charge is 0.490 e. The second-order valence-electron chi connectivity index (χ2n) is 5.01. The van der Waals surface area contributed by atoms with Crippen LogP contribution in [0.1, 0.15) is 38.3 Å². The van der Waals surface area contributed by atoms with Gasteiger partial charge in [-0.3, -0.25) is 0 Å². The molecule has 82 valence electrons. The minimum atomic E-state index is -0.293. The molecule has 1 unspecified atom stereocenters. The Morgan fingerprint density at radius 2 is 2.13 bits per heavy atom. The molecule has 0 fully saturated rings. The molecule has 0 radical (unpaired) electrons. The zero-order chi connectivity index (χ0) is 11.1. The molecule has 2 rings (SSSR count). The monoisotopic (exact) mass is 205 g/mol. The molecule has 1 aliphatic rings. The number of benzene rings is 1. The molecule has 0 saturated carbocycles. The Morgan fingerprint density at radius 1 is 1.40 bits per heavy atom. The van der Waals surface area contributed by atoms with E-state index in [0.717, 1.165) is 24.2 Å². The summed E-state index contributed by atoms with van der Waals surface area (Å²) < 4.78 is 5.81. The smallest absolute Gasteiger partial charge is 0.123 e. The van der Waals surface area contributed by atoms with Crippen molar-refractivity contribution in [2.45, 2.75) is 45.3 Å². The quantitative estimate of drug-likeness (QED) is 0.764. The number of nitrogens with two attached hydrogens (primary N) is 1. The van der Waals surface area contributed by atoms with Crippen LogP contribution >= 0.6 is 0 Å². The topological polar surface area (TPSA) is 35.2 Å². The van der Waals surface area contributed by atoms with E-state index in [4.69, 9.17) is 10.5 Å². The van der Waals surface area contributed by atoms with Gasteiger partial charge in [0.15, 0.2) is 0 Å². The lowest BCUT2D eigenvalue weighted by atomic mass is 9.92. The van der Waals surface area contributed by atoms with E-state index in [9.17, 15) is 0 Å². The third-order valence-electron chi connectivity index (χ3n) is 2.96. The number of ether oxygens (including phenoxy) is 1. The lowest BCUT2D eigenvalue weighted by Crippen LogP contribution is -2.29. The van der Waals surface area contributed by atoms with E-state index < -0.39 is 0 Å². The molecule has 1 aliphatic heterocycles. The average molecular weight is 205 g/mol. The van der Waals surface area contributed by atoms with Crippen molar-refractivity contribution in [2.75, 3.05) is 0 Å². The van der Waals surface area contributed by atoms with Crippen LogP contribution in [0.25, 0.3) is 0 Å². The van der Waals surface area contributed by atoms with Crippen LogP contribution in [0.5, 0.6) is 5.75 Å². The molecule has 1 atom stereocenters. The first-order chi connectivity index (χ1) is 6.97. The zero-order valence-corrected chi connectivity index (χ0v) is 9.71. The third kappa shape index (κ3) is 2.15. The lowest BCUT2D eigenvalue weighted by Gasteiger charge is -2.26. The van der Waals surface area contributed by atoms with Gasteiger partial charge in [-0.05, 0) is 50.8 Å². The van der Waals surface area contributed by atoms with E-state index in [1.165, 1.54) is 5.56 Å². The van der Waals surface area contributed by atoms with E-state index >= 15 is 0 Å². The van der Waals surface area contributed by atoms with Crippen molar-refractivity contribution in [3.8, 4) is 5.75 Å². The standard InChI is InChI=1S/C13H19NO/c1-9-4-5-10-6-7-11(13(2,3)14)8-12(10)15-9/h6-9H,4-5,14H2,1-3H3. The number of hydrogen-bond donors (Lipinski definition) is 1. The SMILES string of the molecule is CC1CCc2ccc(C(C)(C)N)cc2O1. The summed E-state index contributed by atoms with van der Waals surface area (Å²) in [6.07, 6.45) is 2.55. The van der Waals surface area contributed by atoms with Gasteiger partial charge in [0.05, 0.1) is 6.10 Å². The van der Waals surface area contributed by atoms with Gasteiger partial charge in [-0.15, -0.1) is 0 Å². The first kappa shape index (κ1) is 10.5. The molecule has 0 saturated heterocycles. The van der Waals surface area contributed by atoms with Crippen molar-refractivity contribution in [3.63, 3.8) is 0 Å².